The van der Waals surface area contributed by atoms with Crippen LogP contribution >= 0.6 is 0 Å². The van der Waals surface area contributed by atoms with E-state index in [-0.39, 0.29) is 11.1 Å². The number of nitrogens with zero attached hydrogens (tertiary/aromatic N) is 2. The zero-order valence-electron chi connectivity index (χ0n) is 16.3. The maximum atomic E-state index is 13.0. The normalized spacial score (nSPS) is 12.0. The maximum Gasteiger partial charge on any atom is 0.258 e. The van der Waals surface area contributed by atoms with E-state index in [1.807, 2.05) is 47.9 Å². The number of aromatic amines is 1. The van der Waals surface area contributed by atoms with E-state index in [9.17, 15) is 4.79 Å². The third-order valence-electron chi connectivity index (χ3n) is 4.83. The lowest BCUT2D eigenvalue weighted by Crippen LogP contribution is -2.27. The molecule has 138 valence electrons. The molecule has 0 saturated carbocycles. The van der Waals surface area contributed by atoms with E-state index >= 15 is 0 Å². The van der Waals surface area contributed by atoms with Gasteiger partial charge in [0, 0.05) is 11.7 Å². The molecule has 1 aromatic carbocycles. The fourth-order valence-corrected chi connectivity index (χ4v) is 3.36. The van der Waals surface area contributed by atoms with Gasteiger partial charge >= 0.3 is 0 Å². The topological polar surface area (TPSA) is 62.2 Å². The van der Waals surface area contributed by atoms with Crippen LogP contribution in [0.3, 0.4) is 0 Å². The number of H-pyrrole nitrogens is 1. The van der Waals surface area contributed by atoms with E-state index in [1.54, 1.807) is 0 Å². The molecule has 0 aliphatic carbocycles. The molecular weight excluding hydrogens is 336 g/mol. The third kappa shape index (κ3) is 2.99. The Labute approximate surface area is 158 Å². The quantitative estimate of drug-likeness (QED) is 0.546. The average molecular weight is 360 g/mol. The number of hydrogen-bond acceptors (Lipinski definition) is 3. The van der Waals surface area contributed by atoms with Gasteiger partial charge in [0.1, 0.15) is 17.2 Å². The fourth-order valence-electron chi connectivity index (χ4n) is 3.36. The number of hydrogen-bond donors (Lipinski definition) is 2. The van der Waals surface area contributed by atoms with Crippen molar-refractivity contribution in [1.29, 1.82) is 0 Å². The Morgan fingerprint density at radius 2 is 1.89 bits per heavy atom. The molecule has 4 rings (SSSR count). The van der Waals surface area contributed by atoms with Gasteiger partial charge in [-0.3, -0.25) is 9.20 Å². The average Bonchev–Trinajstić information content (AvgIpc) is 2.95. The molecule has 5 nitrogen and oxygen atoms in total. The number of aryl methyl sites for hydroxylation is 2. The largest absolute Gasteiger partial charge is 0.365 e. The van der Waals surface area contributed by atoms with Crippen LogP contribution < -0.4 is 10.9 Å². The van der Waals surface area contributed by atoms with Gasteiger partial charge < -0.3 is 10.3 Å². The smallest absolute Gasteiger partial charge is 0.258 e. The number of benzene rings is 1. The van der Waals surface area contributed by atoms with Gasteiger partial charge in [0.05, 0.1) is 11.1 Å². The zero-order valence-corrected chi connectivity index (χ0v) is 16.3. The van der Waals surface area contributed by atoms with Gasteiger partial charge in [-0.1, -0.05) is 18.2 Å². The molecule has 0 amide bonds. The molecule has 27 heavy (non-hydrogen) atoms. The number of fused-ring (bicyclic) bond motifs is 2. The minimum Gasteiger partial charge on any atom is -0.365 e. The molecule has 0 fully saturated rings. The van der Waals surface area contributed by atoms with E-state index in [0.717, 1.165) is 33.5 Å². The molecule has 0 radical (unpaired) electrons. The first-order valence-electron chi connectivity index (χ1n) is 9.13. The van der Waals surface area contributed by atoms with E-state index in [1.165, 1.54) is 0 Å². The summed E-state index contributed by atoms with van der Waals surface area (Å²) in [5, 5.41) is 4.52. The minimum atomic E-state index is -0.169. The molecule has 0 unspecified atom stereocenters. The SMILES string of the molecule is Cc1ccc2cc(-c3nc4ccccn4c3NC(C)(C)C)c(=O)[nH]c2c1C. The Morgan fingerprint density at radius 1 is 1.11 bits per heavy atom. The van der Waals surface area contributed by atoms with Crippen LogP contribution in [0.2, 0.25) is 0 Å². The highest BCUT2D eigenvalue weighted by Gasteiger charge is 2.21. The predicted molar refractivity (Wildman–Crippen MR) is 112 cm³/mol. The number of imidazole rings is 1. The number of rotatable bonds is 2. The van der Waals surface area contributed by atoms with Gasteiger partial charge in [-0.25, -0.2) is 4.98 Å². The second kappa shape index (κ2) is 5.98. The molecule has 0 aliphatic heterocycles. The maximum absolute atomic E-state index is 13.0. The van der Waals surface area contributed by atoms with Crippen molar-refractivity contribution < 1.29 is 0 Å². The van der Waals surface area contributed by atoms with E-state index in [2.05, 4.69) is 44.1 Å². The number of pyridine rings is 2. The molecule has 0 atom stereocenters. The van der Waals surface area contributed by atoms with E-state index in [4.69, 9.17) is 4.98 Å². The third-order valence-corrected chi connectivity index (χ3v) is 4.83. The molecule has 0 aliphatic rings. The van der Waals surface area contributed by atoms with Crippen LogP contribution in [0.4, 0.5) is 5.82 Å². The summed E-state index contributed by atoms with van der Waals surface area (Å²) in [6, 6.07) is 11.9. The zero-order chi connectivity index (χ0) is 19.3. The van der Waals surface area contributed by atoms with Gasteiger partial charge in [-0.15, -0.1) is 0 Å². The lowest BCUT2D eigenvalue weighted by molar-refractivity contribution is 0.629. The first-order chi connectivity index (χ1) is 12.7. The Hall–Kier alpha value is -3.08. The second-order valence-corrected chi connectivity index (χ2v) is 8.10. The molecule has 0 bridgehead atoms. The minimum absolute atomic E-state index is 0.128. The number of nitrogens with one attached hydrogen (secondary N) is 2. The summed E-state index contributed by atoms with van der Waals surface area (Å²) < 4.78 is 1.99. The van der Waals surface area contributed by atoms with E-state index in [0.29, 0.717) is 11.3 Å². The Morgan fingerprint density at radius 3 is 2.63 bits per heavy atom. The van der Waals surface area contributed by atoms with Crippen molar-refractivity contribution in [3.63, 3.8) is 0 Å². The summed E-state index contributed by atoms with van der Waals surface area (Å²) in [5.74, 6) is 0.826. The summed E-state index contributed by atoms with van der Waals surface area (Å²) in [6.45, 7) is 10.4. The van der Waals surface area contributed by atoms with Gasteiger partial charge in [0.2, 0.25) is 0 Å². The Kier molecular flexibility index (Phi) is 3.84. The molecule has 0 spiro atoms. The second-order valence-electron chi connectivity index (χ2n) is 8.10. The summed E-state index contributed by atoms with van der Waals surface area (Å²) in [7, 11) is 0. The van der Waals surface area contributed by atoms with Crippen LogP contribution in [0.25, 0.3) is 27.8 Å². The van der Waals surface area contributed by atoms with Crippen molar-refractivity contribution in [2.24, 2.45) is 0 Å². The van der Waals surface area contributed by atoms with Crippen molar-refractivity contribution in [3.05, 3.63) is 64.1 Å². The summed E-state index contributed by atoms with van der Waals surface area (Å²) in [6.07, 6.45) is 1.96. The molecule has 5 heteroatoms. The monoisotopic (exact) mass is 360 g/mol. The predicted octanol–water partition coefficient (Wildman–Crippen LogP) is 4.67. The first-order valence-corrected chi connectivity index (χ1v) is 9.13. The van der Waals surface area contributed by atoms with Crippen LogP contribution in [0.15, 0.2) is 47.4 Å². The van der Waals surface area contributed by atoms with Gasteiger partial charge in [0.15, 0.2) is 0 Å². The Bertz CT molecular complexity index is 1220. The lowest BCUT2D eigenvalue weighted by atomic mass is 10.0. The highest BCUT2D eigenvalue weighted by atomic mass is 16.1. The number of aromatic nitrogens is 3. The lowest BCUT2D eigenvalue weighted by Gasteiger charge is -2.22. The molecule has 2 N–H and O–H groups in total. The first kappa shape index (κ1) is 17.3. The van der Waals surface area contributed by atoms with Crippen molar-refractivity contribution in [2.45, 2.75) is 40.2 Å². The number of anilines is 1. The van der Waals surface area contributed by atoms with Crippen LogP contribution in [0, 0.1) is 13.8 Å². The van der Waals surface area contributed by atoms with E-state index < -0.39 is 0 Å². The summed E-state index contributed by atoms with van der Waals surface area (Å²) >= 11 is 0. The van der Waals surface area contributed by atoms with Crippen LogP contribution in [-0.4, -0.2) is 19.9 Å². The summed E-state index contributed by atoms with van der Waals surface area (Å²) in [5.41, 5.74) is 4.89. The van der Waals surface area contributed by atoms with Gasteiger partial charge in [-0.05, 0) is 69.3 Å². The van der Waals surface area contributed by atoms with Crippen molar-refractivity contribution >= 4 is 22.4 Å². The van der Waals surface area contributed by atoms with Crippen LogP contribution in [0.5, 0.6) is 0 Å². The summed E-state index contributed by atoms with van der Waals surface area (Å²) in [4.78, 5) is 20.8. The molecular formula is C22H24N4O. The fraction of sp³-hybridized carbons (Fsp3) is 0.273. The molecule has 3 heterocycles. The standard InChI is InChI=1S/C22H24N4O/c1-13-9-10-15-12-16(21(27)24-18(15)14(13)2)19-20(25-22(3,4)5)26-11-7-6-8-17(26)23-19/h6-12,25H,1-5H3,(H,24,27). The van der Waals surface area contributed by atoms with Gasteiger partial charge in [0.25, 0.3) is 5.56 Å². The highest BCUT2D eigenvalue weighted by molar-refractivity contribution is 5.88. The Balaban J connectivity index is 2.02. The highest BCUT2D eigenvalue weighted by Crippen LogP contribution is 2.30. The molecule has 3 aromatic heterocycles. The molecule has 0 saturated heterocycles. The van der Waals surface area contributed by atoms with Crippen LogP contribution in [-0.2, 0) is 0 Å². The van der Waals surface area contributed by atoms with Crippen molar-refractivity contribution in [3.8, 4) is 11.3 Å². The van der Waals surface area contributed by atoms with Crippen molar-refractivity contribution in [1.82, 2.24) is 14.4 Å². The van der Waals surface area contributed by atoms with Crippen molar-refractivity contribution in [2.75, 3.05) is 5.32 Å². The van der Waals surface area contributed by atoms with Gasteiger partial charge in [-0.2, -0.15) is 0 Å². The van der Waals surface area contributed by atoms with Crippen LogP contribution in [0.1, 0.15) is 31.9 Å². The molecule has 4 aromatic rings.